The minimum Gasteiger partial charge on any atom is -0.481 e. The average Bonchev–Trinajstić information content (AvgIpc) is 2.40. The second-order valence-corrected chi connectivity index (χ2v) is 6.44. The van der Waals surface area contributed by atoms with Gasteiger partial charge < -0.3 is 15.8 Å². The molecular formula is C16H23F3N2O2. The molecule has 1 rings (SSSR count). The highest BCUT2D eigenvalue weighted by Crippen LogP contribution is 2.48. The molecule has 0 radical (unpaired) electrons. The molecule has 0 spiro atoms. The van der Waals surface area contributed by atoms with Gasteiger partial charge in [0.05, 0.1) is 11.0 Å². The van der Waals surface area contributed by atoms with Crippen LogP contribution in [-0.2, 0) is 4.79 Å². The van der Waals surface area contributed by atoms with Crippen molar-refractivity contribution in [1.82, 2.24) is 5.32 Å². The maximum atomic E-state index is 13.4. The first-order valence-corrected chi connectivity index (χ1v) is 7.41. The number of allylic oxidation sites excluding steroid dienone is 3. The van der Waals surface area contributed by atoms with Gasteiger partial charge in [-0.15, -0.1) is 0 Å². The van der Waals surface area contributed by atoms with E-state index in [0.717, 1.165) is 19.4 Å². The van der Waals surface area contributed by atoms with Crippen molar-refractivity contribution >= 4 is 12.2 Å². The van der Waals surface area contributed by atoms with Crippen molar-refractivity contribution in [3.05, 3.63) is 23.4 Å². The van der Waals surface area contributed by atoms with E-state index >= 15 is 0 Å². The Labute approximate surface area is 134 Å². The van der Waals surface area contributed by atoms with Gasteiger partial charge in [0.25, 0.3) is 0 Å². The first kappa shape index (κ1) is 19.3. The summed E-state index contributed by atoms with van der Waals surface area (Å²) < 4.78 is 40.2. The number of carbonyl (C=O) groups is 1. The van der Waals surface area contributed by atoms with Gasteiger partial charge in [0, 0.05) is 18.5 Å². The Balaban J connectivity index is 3.06. The highest BCUT2D eigenvalue weighted by molar-refractivity contribution is 5.66. The highest BCUT2D eigenvalue weighted by Gasteiger charge is 2.58. The van der Waals surface area contributed by atoms with Gasteiger partial charge in [-0.1, -0.05) is 12.2 Å². The lowest BCUT2D eigenvalue weighted by molar-refractivity contribution is -0.229. The Morgan fingerprint density at radius 2 is 2.04 bits per heavy atom. The summed E-state index contributed by atoms with van der Waals surface area (Å²) >= 11 is 0. The molecule has 3 N–H and O–H groups in total. The molecule has 0 saturated heterocycles. The fraction of sp³-hybridized carbons (Fsp3) is 0.625. The Bertz CT molecular complexity index is 536. The number of rotatable bonds is 7. The predicted octanol–water partition coefficient (Wildman–Crippen LogP) is 4.04. The zero-order valence-corrected chi connectivity index (χ0v) is 13.5. The van der Waals surface area contributed by atoms with Crippen LogP contribution in [0.4, 0.5) is 13.2 Å². The van der Waals surface area contributed by atoms with Gasteiger partial charge in [-0.25, -0.2) is 0 Å². The molecule has 130 valence electrons. The van der Waals surface area contributed by atoms with Crippen molar-refractivity contribution in [1.29, 1.82) is 5.41 Å². The number of alkyl halides is 3. The zero-order chi connectivity index (χ0) is 17.9. The molecule has 7 heteroatoms. The molecule has 1 aliphatic heterocycles. The van der Waals surface area contributed by atoms with E-state index in [1.54, 1.807) is 6.08 Å². The van der Waals surface area contributed by atoms with E-state index in [1.165, 1.54) is 19.2 Å². The predicted molar refractivity (Wildman–Crippen MR) is 82.4 cm³/mol. The van der Waals surface area contributed by atoms with Gasteiger partial charge in [-0.2, -0.15) is 13.2 Å². The van der Waals surface area contributed by atoms with Crippen molar-refractivity contribution < 1.29 is 23.1 Å². The normalized spacial score (nSPS) is 22.0. The van der Waals surface area contributed by atoms with E-state index in [1.807, 2.05) is 0 Å². The van der Waals surface area contributed by atoms with Crippen LogP contribution in [0, 0.1) is 10.8 Å². The van der Waals surface area contributed by atoms with Crippen molar-refractivity contribution in [2.75, 3.05) is 0 Å². The van der Waals surface area contributed by atoms with E-state index in [4.69, 9.17) is 10.5 Å². The van der Waals surface area contributed by atoms with Crippen molar-refractivity contribution in [3.8, 4) is 0 Å². The first-order chi connectivity index (χ1) is 10.4. The molecule has 0 aromatic rings. The number of hydrogen-bond acceptors (Lipinski definition) is 3. The summed E-state index contributed by atoms with van der Waals surface area (Å²) in [6, 6.07) is 0. The summed E-state index contributed by atoms with van der Waals surface area (Å²) in [5.41, 5.74) is -2.04. The van der Waals surface area contributed by atoms with Crippen LogP contribution in [0.3, 0.4) is 0 Å². The summed E-state index contributed by atoms with van der Waals surface area (Å²) in [5.74, 6) is -0.941. The van der Waals surface area contributed by atoms with Gasteiger partial charge in [0.15, 0.2) is 0 Å². The third kappa shape index (κ3) is 4.14. The van der Waals surface area contributed by atoms with Crippen LogP contribution in [0.25, 0.3) is 0 Å². The maximum Gasteiger partial charge on any atom is 0.396 e. The molecule has 1 unspecified atom stereocenters. The van der Waals surface area contributed by atoms with Crippen molar-refractivity contribution in [2.24, 2.45) is 5.41 Å². The van der Waals surface area contributed by atoms with Crippen LogP contribution in [0.1, 0.15) is 46.5 Å². The quantitative estimate of drug-likeness (QED) is 0.616. The molecule has 0 saturated carbocycles. The van der Waals surface area contributed by atoms with Gasteiger partial charge >= 0.3 is 12.1 Å². The van der Waals surface area contributed by atoms with E-state index in [0.29, 0.717) is 25.0 Å². The molecule has 1 atom stereocenters. The lowest BCUT2D eigenvalue weighted by atomic mass is 9.70. The molecule has 4 nitrogen and oxygen atoms in total. The third-order valence-corrected chi connectivity index (χ3v) is 4.56. The SMILES string of the molecule is CC1(C(C)(C)C(F)(F)F)C=CC(CC=N)=C(CCCC(=O)O)N1. The van der Waals surface area contributed by atoms with Crippen LogP contribution >= 0.6 is 0 Å². The minimum absolute atomic E-state index is 0.0495. The van der Waals surface area contributed by atoms with Gasteiger partial charge in [-0.3, -0.25) is 4.79 Å². The van der Waals surface area contributed by atoms with Crippen LogP contribution < -0.4 is 5.32 Å². The Hall–Kier alpha value is -1.79. The number of aliphatic carboxylic acids is 1. The average molecular weight is 332 g/mol. The van der Waals surface area contributed by atoms with Gasteiger partial charge in [-0.05, 0) is 45.4 Å². The third-order valence-electron chi connectivity index (χ3n) is 4.56. The lowest BCUT2D eigenvalue weighted by Crippen LogP contribution is -2.59. The molecule has 0 bridgehead atoms. The Morgan fingerprint density at radius 3 is 2.52 bits per heavy atom. The summed E-state index contributed by atoms with van der Waals surface area (Å²) in [6.07, 6.45) is 0.797. The van der Waals surface area contributed by atoms with Gasteiger partial charge in [0.2, 0.25) is 0 Å². The summed E-state index contributed by atoms with van der Waals surface area (Å²) in [6.45, 7) is 3.76. The second kappa shape index (κ2) is 6.76. The molecule has 23 heavy (non-hydrogen) atoms. The molecule has 1 heterocycles. The highest BCUT2D eigenvalue weighted by atomic mass is 19.4. The molecule has 0 amide bonds. The minimum atomic E-state index is -4.40. The van der Waals surface area contributed by atoms with E-state index in [2.05, 4.69) is 5.32 Å². The summed E-state index contributed by atoms with van der Waals surface area (Å²) in [7, 11) is 0. The number of dihydropyridines is 1. The van der Waals surface area contributed by atoms with Gasteiger partial charge in [0.1, 0.15) is 0 Å². The number of carboxylic acids is 1. The Kier molecular flexibility index (Phi) is 5.66. The molecule has 0 aromatic heterocycles. The number of halogens is 3. The van der Waals surface area contributed by atoms with Crippen LogP contribution in [0.2, 0.25) is 0 Å². The van der Waals surface area contributed by atoms with Crippen LogP contribution in [0.5, 0.6) is 0 Å². The largest absolute Gasteiger partial charge is 0.481 e. The van der Waals surface area contributed by atoms with Crippen molar-refractivity contribution in [3.63, 3.8) is 0 Å². The molecule has 0 fully saturated rings. The fourth-order valence-electron chi connectivity index (χ4n) is 2.40. The fourth-order valence-corrected chi connectivity index (χ4v) is 2.40. The first-order valence-electron chi connectivity index (χ1n) is 7.41. The second-order valence-electron chi connectivity index (χ2n) is 6.44. The van der Waals surface area contributed by atoms with E-state index in [9.17, 15) is 18.0 Å². The van der Waals surface area contributed by atoms with E-state index < -0.39 is 23.1 Å². The number of nitrogens with one attached hydrogen (secondary N) is 2. The number of hydrogen-bond donors (Lipinski definition) is 3. The van der Waals surface area contributed by atoms with Crippen molar-refractivity contribution in [2.45, 2.75) is 58.2 Å². The summed E-state index contributed by atoms with van der Waals surface area (Å²) in [4.78, 5) is 10.6. The summed E-state index contributed by atoms with van der Waals surface area (Å²) in [5, 5.41) is 18.9. The molecular weight excluding hydrogens is 309 g/mol. The smallest absolute Gasteiger partial charge is 0.396 e. The standard InChI is InChI=1S/C16H23F3N2O2/c1-14(2,16(17,18)19)15(3)9-7-11(8-10-20)12(21-15)5-4-6-13(22)23/h7,9-10,20-21H,4-6,8H2,1-3H3,(H,22,23). The zero-order valence-electron chi connectivity index (χ0n) is 13.5. The Morgan fingerprint density at radius 1 is 1.43 bits per heavy atom. The topological polar surface area (TPSA) is 73.2 Å². The molecule has 0 aromatic carbocycles. The number of carboxylic acid groups (broad SMARTS) is 1. The molecule has 1 aliphatic rings. The monoisotopic (exact) mass is 332 g/mol. The lowest BCUT2D eigenvalue weighted by Gasteiger charge is -2.47. The van der Waals surface area contributed by atoms with Crippen LogP contribution in [0.15, 0.2) is 23.4 Å². The maximum absolute atomic E-state index is 13.4. The molecule has 0 aliphatic carbocycles. The van der Waals surface area contributed by atoms with E-state index in [-0.39, 0.29) is 6.42 Å². The van der Waals surface area contributed by atoms with Crippen LogP contribution in [-0.4, -0.2) is 29.0 Å².